The lowest BCUT2D eigenvalue weighted by molar-refractivity contribution is -0.108. The second-order valence-electron chi connectivity index (χ2n) is 3.45. The van der Waals surface area contributed by atoms with Gasteiger partial charge in [0, 0.05) is 10.4 Å². The van der Waals surface area contributed by atoms with E-state index in [0.717, 1.165) is 17.2 Å². The van der Waals surface area contributed by atoms with E-state index in [4.69, 9.17) is 11.6 Å². The lowest BCUT2D eigenvalue weighted by Crippen LogP contribution is -2.17. The van der Waals surface area contributed by atoms with E-state index in [1.807, 2.05) is 6.07 Å². The van der Waals surface area contributed by atoms with Gasteiger partial charge >= 0.3 is 0 Å². The van der Waals surface area contributed by atoms with Crippen LogP contribution in [0.5, 0.6) is 0 Å². The second-order valence-corrected chi connectivity index (χ2v) is 3.89. The number of carbonyl (C=O) groups excluding carboxylic acids is 1. The number of fused-ring (bicyclic) bond motifs is 1. The molecule has 0 amide bonds. The van der Waals surface area contributed by atoms with Crippen LogP contribution in [0, 0.1) is 0 Å². The molecular weight excluding hydrogens is 226 g/mol. The number of halogens is 1. The Hall–Kier alpha value is -1.68. The zero-order valence-electron chi connectivity index (χ0n) is 8.64. The normalized spacial score (nSPS) is 12.4. The fourth-order valence-electron chi connectivity index (χ4n) is 1.39. The van der Waals surface area contributed by atoms with E-state index < -0.39 is 0 Å². The van der Waals surface area contributed by atoms with E-state index in [2.05, 4.69) is 15.3 Å². The van der Waals surface area contributed by atoms with E-state index >= 15 is 0 Å². The van der Waals surface area contributed by atoms with E-state index in [1.165, 1.54) is 6.33 Å². The first-order valence-electron chi connectivity index (χ1n) is 4.83. The summed E-state index contributed by atoms with van der Waals surface area (Å²) in [5, 5.41) is 4.47. The SMILES string of the molecule is C[C@H](C=O)Nc1ncnc2cc(Cl)ccc12. The molecule has 82 valence electrons. The highest BCUT2D eigenvalue weighted by Gasteiger charge is 2.06. The van der Waals surface area contributed by atoms with Crippen LogP contribution in [-0.4, -0.2) is 22.3 Å². The Bertz CT molecular complexity index is 530. The Morgan fingerprint density at radius 3 is 3.00 bits per heavy atom. The number of hydrogen-bond donors (Lipinski definition) is 1. The molecule has 0 spiro atoms. The van der Waals surface area contributed by atoms with Crippen molar-refractivity contribution in [3.63, 3.8) is 0 Å². The molecule has 1 aromatic heterocycles. The monoisotopic (exact) mass is 235 g/mol. The molecule has 2 rings (SSSR count). The van der Waals surface area contributed by atoms with Crippen LogP contribution in [0.25, 0.3) is 10.9 Å². The second kappa shape index (κ2) is 4.45. The van der Waals surface area contributed by atoms with Gasteiger partial charge in [-0.2, -0.15) is 0 Å². The molecule has 0 aliphatic carbocycles. The van der Waals surface area contributed by atoms with Crippen LogP contribution in [-0.2, 0) is 4.79 Å². The third-order valence-corrected chi connectivity index (χ3v) is 2.40. The van der Waals surface area contributed by atoms with Crippen molar-refractivity contribution in [1.29, 1.82) is 0 Å². The Labute approximate surface area is 97.7 Å². The van der Waals surface area contributed by atoms with Gasteiger partial charge in [0.25, 0.3) is 0 Å². The average Bonchev–Trinajstić information content (AvgIpc) is 2.28. The molecule has 0 radical (unpaired) electrons. The molecule has 0 saturated heterocycles. The van der Waals surface area contributed by atoms with Gasteiger partial charge in [0.1, 0.15) is 18.4 Å². The molecule has 0 aliphatic rings. The Balaban J connectivity index is 2.49. The molecule has 1 atom stereocenters. The van der Waals surface area contributed by atoms with Gasteiger partial charge in [0.15, 0.2) is 0 Å². The average molecular weight is 236 g/mol. The summed E-state index contributed by atoms with van der Waals surface area (Å²) < 4.78 is 0. The largest absolute Gasteiger partial charge is 0.360 e. The first kappa shape index (κ1) is 10.8. The molecule has 0 saturated carbocycles. The van der Waals surface area contributed by atoms with Gasteiger partial charge in [0.2, 0.25) is 0 Å². The van der Waals surface area contributed by atoms with Crippen LogP contribution in [0.4, 0.5) is 5.82 Å². The Kier molecular flexibility index (Phi) is 3.01. The summed E-state index contributed by atoms with van der Waals surface area (Å²) in [4.78, 5) is 18.8. The molecule has 4 nitrogen and oxygen atoms in total. The van der Waals surface area contributed by atoms with Crippen molar-refractivity contribution in [2.45, 2.75) is 13.0 Å². The quantitative estimate of drug-likeness (QED) is 0.830. The van der Waals surface area contributed by atoms with Crippen molar-refractivity contribution < 1.29 is 4.79 Å². The number of nitrogens with one attached hydrogen (secondary N) is 1. The lowest BCUT2D eigenvalue weighted by Gasteiger charge is -2.10. The smallest absolute Gasteiger partial charge is 0.141 e. The van der Waals surface area contributed by atoms with E-state index in [1.54, 1.807) is 19.1 Å². The molecule has 0 bridgehead atoms. The maximum absolute atomic E-state index is 10.6. The highest BCUT2D eigenvalue weighted by molar-refractivity contribution is 6.31. The first-order valence-corrected chi connectivity index (χ1v) is 5.20. The molecule has 0 unspecified atom stereocenters. The van der Waals surface area contributed by atoms with E-state index in [0.29, 0.717) is 10.8 Å². The minimum Gasteiger partial charge on any atom is -0.360 e. The number of hydrogen-bond acceptors (Lipinski definition) is 4. The van der Waals surface area contributed by atoms with Crippen LogP contribution < -0.4 is 5.32 Å². The molecule has 1 aromatic carbocycles. The van der Waals surface area contributed by atoms with Gasteiger partial charge in [0.05, 0.1) is 11.6 Å². The van der Waals surface area contributed by atoms with Crippen molar-refractivity contribution in [2.24, 2.45) is 0 Å². The summed E-state index contributed by atoms with van der Waals surface area (Å²) in [5.74, 6) is 0.640. The van der Waals surface area contributed by atoms with Gasteiger partial charge in [-0.05, 0) is 25.1 Å². The number of anilines is 1. The molecule has 16 heavy (non-hydrogen) atoms. The molecule has 2 aromatic rings. The number of aldehydes is 1. The maximum Gasteiger partial charge on any atom is 0.141 e. The van der Waals surface area contributed by atoms with Gasteiger partial charge in [-0.3, -0.25) is 0 Å². The summed E-state index contributed by atoms with van der Waals surface area (Å²) >= 11 is 5.87. The van der Waals surface area contributed by atoms with Gasteiger partial charge < -0.3 is 10.1 Å². The molecule has 1 N–H and O–H groups in total. The number of aromatic nitrogens is 2. The fourth-order valence-corrected chi connectivity index (χ4v) is 1.56. The minimum atomic E-state index is -0.284. The van der Waals surface area contributed by atoms with Crippen LogP contribution in [0.3, 0.4) is 0 Å². The summed E-state index contributed by atoms with van der Waals surface area (Å²) in [6.45, 7) is 1.76. The summed E-state index contributed by atoms with van der Waals surface area (Å²) in [7, 11) is 0. The topological polar surface area (TPSA) is 54.9 Å². The highest BCUT2D eigenvalue weighted by Crippen LogP contribution is 2.22. The van der Waals surface area contributed by atoms with E-state index in [-0.39, 0.29) is 6.04 Å². The number of nitrogens with zero attached hydrogens (tertiary/aromatic N) is 2. The van der Waals surface area contributed by atoms with Crippen molar-refractivity contribution in [1.82, 2.24) is 9.97 Å². The Morgan fingerprint density at radius 1 is 1.44 bits per heavy atom. The highest BCUT2D eigenvalue weighted by atomic mass is 35.5. The zero-order valence-corrected chi connectivity index (χ0v) is 9.40. The van der Waals surface area contributed by atoms with Crippen LogP contribution in [0.1, 0.15) is 6.92 Å². The van der Waals surface area contributed by atoms with Crippen molar-refractivity contribution in [2.75, 3.05) is 5.32 Å². The third-order valence-electron chi connectivity index (χ3n) is 2.17. The maximum atomic E-state index is 10.6. The third kappa shape index (κ3) is 2.12. The predicted molar refractivity (Wildman–Crippen MR) is 63.7 cm³/mol. The molecule has 0 fully saturated rings. The number of benzene rings is 1. The summed E-state index contributed by atoms with van der Waals surface area (Å²) in [6, 6.07) is 5.07. The molecule has 0 aliphatic heterocycles. The van der Waals surface area contributed by atoms with Gasteiger partial charge in [-0.15, -0.1) is 0 Å². The predicted octanol–water partition coefficient (Wildman–Crippen LogP) is 2.28. The standard InChI is InChI=1S/C11H10ClN3O/c1-7(5-16)15-11-9-3-2-8(12)4-10(9)13-6-14-11/h2-7H,1H3,(H,13,14,15)/t7-/m1/s1. The summed E-state index contributed by atoms with van der Waals surface area (Å²) in [5.41, 5.74) is 0.753. The Morgan fingerprint density at radius 2 is 2.25 bits per heavy atom. The van der Waals surface area contributed by atoms with Crippen molar-refractivity contribution in [3.8, 4) is 0 Å². The summed E-state index contributed by atoms with van der Waals surface area (Å²) in [6.07, 6.45) is 2.27. The van der Waals surface area contributed by atoms with Crippen LogP contribution in [0.2, 0.25) is 5.02 Å². The number of carbonyl (C=O) groups is 1. The lowest BCUT2D eigenvalue weighted by atomic mass is 10.2. The fraction of sp³-hybridized carbons (Fsp3) is 0.182. The van der Waals surface area contributed by atoms with Gasteiger partial charge in [-0.25, -0.2) is 9.97 Å². The van der Waals surface area contributed by atoms with Crippen LogP contribution in [0.15, 0.2) is 24.5 Å². The molecular formula is C11H10ClN3O. The number of rotatable bonds is 3. The van der Waals surface area contributed by atoms with Crippen molar-refractivity contribution in [3.05, 3.63) is 29.5 Å². The molecule has 5 heteroatoms. The zero-order chi connectivity index (χ0) is 11.5. The van der Waals surface area contributed by atoms with Crippen LogP contribution >= 0.6 is 11.6 Å². The molecule has 1 heterocycles. The van der Waals surface area contributed by atoms with E-state index in [9.17, 15) is 4.79 Å². The first-order chi connectivity index (χ1) is 7.70. The van der Waals surface area contributed by atoms with Gasteiger partial charge in [-0.1, -0.05) is 11.6 Å². The van der Waals surface area contributed by atoms with Crippen molar-refractivity contribution >= 4 is 34.6 Å². The minimum absolute atomic E-state index is 0.284.